The van der Waals surface area contributed by atoms with Gasteiger partial charge < -0.3 is 4.42 Å². The third-order valence-electron chi connectivity index (χ3n) is 2.60. The second kappa shape index (κ2) is 5.13. The van der Waals surface area contributed by atoms with Crippen LogP contribution in [0.4, 0.5) is 8.78 Å². The van der Waals surface area contributed by atoms with E-state index in [1.165, 1.54) is 24.3 Å². The van der Waals surface area contributed by atoms with Crippen LogP contribution in [0.15, 0.2) is 39.4 Å². The summed E-state index contributed by atoms with van der Waals surface area (Å²) in [6.45, 7) is 0. The molecule has 0 bridgehead atoms. The Balaban J connectivity index is 1.94. The maximum absolute atomic E-state index is 13.4. The number of oxazole rings is 1. The van der Waals surface area contributed by atoms with Crippen molar-refractivity contribution in [3.05, 3.63) is 58.0 Å². The molecule has 0 saturated carbocycles. The molecule has 2 aromatic heterocycles. The molecule has 0 spiro atoms. The normalized spacial score (nSPS) is 11.6. The van der Waals surface area contributed by atoms with Crippen molar-refractivity contribution in [3.8, 4) is 0 Å². The summed E-state index contributed by atoms with van der Waals surface area (Å²) in [5.74, 6) is -0.955. The third-order valence-corrected chi connectivity index (χ3v) is 3.03. The van der Waals surface area contributed by atoms with Crippen LogP contribution in [0.25, 0.3) is 23.4 Å². The average Bonchev–Trinajstić information content (AvgIpc) is 2.79. The molecule has 1 aromatic carbocycles. The summed E-state index contributed by atoms with van der Waals surface area (Å²) in [6.07, 6.45) is 4.57. The maximum Gasteiger partial charge on any atom is 0.247 e. The Morgan fingerprint density at radius 2 is 2.00 bits per heavy atom. The van der Waals surface area contributed by atoms with Crippen LogP contribution in [0.3, 0.4) is 0 Å². The molecule has 0 aliphatic rings. The van der Waals surface area contributed by atoms with Crippen LogP contribution >= 0.6 is 15.9 Å². The van der Waals surface area contributed by atoms with Gasteiger partial charge in [-0.1, -0.05) is 0 Å². The molecule has 0 amide bonds. The first-order valence-corrected chi connectivity index (χ1v) is 6.46. The Hall–Kier alpha value is -2.08. The number of rotatable bonds is 2. The molecule has 3 aromatic rings. The minimum absolute atomic E-state index is 0.253. The Morgan fingerprint density at radius 3 is 2.80 bits per heavy atom. The fourth-order valence-corrected chi connectivity index (χ4v) is 2.00. The summed E-state index contributed by atoms with van der Waals surface area (Å²) >= 11 is 3.29. The molecule has 0 atom stereocenters. The summed E-state index contributed by atoms with van der Waals surface area (Å²) in [5.41, 5.74) is 1.24. The van der Waals surface area contributed by atoms with Gasteiger partial charge in [-0.2, -0.15) is 0 Å². The summed E-state index contributed by atoms with van der Waals surface area (Å²) in [7, 11) is 0. The Morgan fingerprint density at radius 1 is 1.15 bits per heavy atom. The molecular formula is C14H7BrF2N2O. The van der Waals surface area contributed by atoms with Crippen LogP contribution in [-0.4, -0.2) is 9.97 Å². The Kier molecular flexibility index (Phi) is 3.31. The van der Waals surface area contributed by atoms with Crippen molar-refractivity contribution in [2.75, 3.05) is 0 Å². The largest absolute Gasteiger partial charge is 0.418 e. The van der Waals surface area contributed by atoms with E-state index in [2.05, 4.69) is 25.9 Å². The van der Waals surface area contributed by atoms with Crippen LogP contribution in [0.2, 0.25) is 0 Å². The van der Waals surface area contributed by atoms with E-state index in [1.54, 1.807) is 12.3 Å². The van der Waals surface area contributed by atoms with Crippen LogP contribution in [-0.2, 0) is 0 Å². The van der Waals surface area contributed by atoms with E-state index in [-0.39, 0.29) is 5.56 Å². The molecular weight excluding hydrogens is 330 g/mol. The van der Waals surface area contributed by atoms with Crippen molar-refractivity contribution in [2.24, 2.45) is 0 Å². The number of hydrogen-bond donors (Lipinski definition) is 0. The number of aromatic nitrogens is 2. The molecule has 0 aliphatic heterocycles. The molecule has 6 heteroatoms. The van der Waals surface area contributed by atoms with Gasteiger partial charge in [0.1, 0.15) is 17.2 Å². The molecule has 0 saturated heterocycles. The van der Waals surface area contributed by atoms with E-state index in [0.29, 0.717) is 17.1 Å². The minimum atomic E-state index is -0.641. The van der Waals surface area contributed by atoms with E-state index >= 15 is 0 Å². The van der Waals surface area contributed by atoms with E-state index < -0.39 is 11.6 Å². The minimum Gasteiger partial charge on any atom is -0.418 e. The first kappa shape index (κ1) is 12.9. The molecule has 20 heavy (non-hydrogen) atoms. The van der Waals surface area contributed by atoms with Crippen LogP contribution in [0.1, 0.15) is 11.5 Å². The summed E-state index contributed by atoms with van der Waals surface area (Å²) in [6, 6.07) is 5.12. The van der Waals surface area contributed by atoms with Crippen molar-refractivity contribution in [1.29, 1.82) is 0 Å². The zero-order valence-corrected chi connectivity index (χ0v) is 11.6. The van der Waals surface area contributed by atoms with Crippen LogP contribution < -0.4 is 0 Å². The molecule has 0 unspecified atom stereocenters. The highest BCUT2D eigenvalue weighted by Crippen LogP contribution is 2.19. The van der Waals surface area contributed by atoms with Crippen molar-refractivity contribution >= 4 is 39.3 Å². The van der Waals surface area contributed by atoms with Crippen molar-refractivity contribution in [3.63, 3.8) is 0 Å². The fraction of sp³-hybridized carbons (Fsp3) is 0. The number of benzene rings is 1. The smallest absolute Gasteiger partial charge is 0.247 e. The highest BCUT2D eigenvalue weighted by molar-refractivity contribution is 9.10. The number of nitrogens with zero attached hydrogens (tertiary/aromatic N) is 2. The van der Waals surface area contributed by atoms with Crippen molar-refractivity contribution in [1.82, 2.24) is 9.97 Å². The lowest BCUT2D eigenvalue weighted by Gasteiger charge is -1.95. The van der Waals surface area contributed by atoms with Crippen molar-refractivity contribution in [2.45, 2.75) is 0 Å². The number of halogens is 3. The Labute approximate surface area is 121 Å². The highest BCUT2D eigenvalue weighted by atomic mass is 79.9. The van der Waals surface area contributed by atoms with Gasteiger partial charge in [0.25, 0.3) is 0 Å². The van der Waals surface area contributed by atoms with E-state index in [9.17, 15) is 8.78 Å². The first-order chi connectivity index (χ1) is 9.61. The fourth-order valence-electron chi connectivity index (χ4n) is 1.68. The lowest BCUT2D eigenvalue weighted by atomic mass is 10.2. The summed E-state index contributed by atoms with van der Waals surface area (Å²) in [5, 5.41) is 0. The lowest BCUT2D eigenvalue weighted by Crippen LogP contribution is -1.83. The summed E-state index contributed by atoms with van der Waals surface area (Å²) in [4.78, 5) is 8.25. The number of fused-ring (bicyclic) bond motifs is 1. The zero-order valence-electron chi connectivity index (χ0n) is 9.98. The van der Waals surface area contributed by atoms with Gasteiger partial charge in [-0.3, -0.25) is 0 Å². The second-order valence-electron chi connectivity index (χ2n) is 4.03. The van der Waals surface area contributed by atoms with E-state index in [4.69, 9.17) is 4.42 Å². The topological polar surface area (TPSA) is 38.9 Å². The van der Waals surface area contributed by atoms with E-state index in [1.807, 2.05) is 0 Å². The summed E-state index contributed by atoms with van der Waals surface area (Å²) < 4.78 is 32.4. The zero-order chi connectivity index (χ0) is 14.1. The molecule has 0 fully saturated rings. The first-order valence-electron chi connectivity index (χ1n) is 5.67. The molecule has 100 valence electrons. The molecule has 2 heterocycles. The molecule has 3 rings (SSSR count). The van der Waals surface area contributed by atoms with Gasteiger partial charge in [0.05, 0.1) is 0 Å². The second-order valence-corrected chi connectivity index (χ2v) is 4.94. The van der Waals surface area contributed by atoms with Crippen molar-refractivity contribution < 1.29 is 13.2 Å². The van der Waals surface area contributed by atoms with Gasteiger partial charge in [-0.15, -0.1) is 0 Å². The SMILES string of the molecule is Fc1ccc(/C=C/c2nc3cc(Br)cnc3o2)c(F)c1. The highest BCUT2D eigenvalue weighted by Gasteiger charge is 2.05. The number of hydrogen-bond acceptors (Lipinski definition) is 3. The maximum atomic E-state index is 13.4. The monoisotopic (exact) mass is 336 g/mol. The van der Waals surface area contributed by atoms with Gasteiger partial charge in [0.2, 0.25) is 11.6 Å². The molecule has 0 N–H and O–H groups in total. The third kappa shape index (κ3) is 2.60. The molecule has 0 radical (unpaired) electrons. The van der Waals surface area contributed by atoms with Crippen LogP contribution in [0, 0.1) is 11.6 Å². The standard InChI is InChI=1S/C14H7BrF2N2O/c15-9-5-12-14(18-7-9)20-13(19-12)4-2-8-1-3-10(16)6-11(8)17/h1-7H/b4-2+. The van der Waals surface area contributed by atoms with Gasteiger partial charge in [-0.25, -0.2) is 18.7 Å². The van der Waals surface area contributed by atoms with Gasteiger partial charge in [-0.05, 0) is 40.2 Å². The van der Waals surface area contributed by atoms with E-state index in [0.717, 1.165) is 10.5 Å². The van der Waals surface area contributed by atoms with Gasteiger partial charge in [0.15, 0.2) is 0 Å². The predicted molar refractivity (Wildman–Crippen MR) is 74.8 cm³/mol. The molecule has 0 aliphatic carbocycles. The van der Waals surface area contributed by atoms with Gasteiger partial charge in [0, 0.05) is 28.4 Å². The number of pyridine rings is 1. The lowest BCUT2D eigenvalue weighted by molar-refractivity contribution is 0.578. The molecule has 3 nitrogen and oxygen atoms in total. The van der Waals surface area contributed by atoms with Crippen LogP contribution in [0.5, 0.6) is 0 Å². The van der Waals surface area contributed by atoms with Gasteiger partial charge >= 0.3 is 0 Å². The quantitative estimate of drug-likeness (QED) is 0.694. The predicted octanol–water partition coefficient (Wildman–Crippen LogP) is 4.43. The average molecular weight is 337 g/mol. The Bertz CT molecular complexity index is 814.